The lowest BCUT2D eigenvalue weighted by Crippen LogP contribution is -2.15. The van der Waals surface area contributed by atoms with Crippen LogP contribution in [0, 0.1) is 0 Å². The molecule has 0 heterocycles. The standard InChI is InChI=1S/C11H21O.2C2H5.Al/c1-2-3-4-5-6-7-8-9-10-11-12;2*1-2;/h2H,1,3-11H2;2*1H2,2H3;/q-1;;;+1. The first-order valence-corrected chi connectivity index (χ1v) is 9.68. The number of hydrogen-bond acceptors (Lipinski definition) is 1. The normalized spacial score (nSPS) is 10.5. The van der Waals surface area contributed by atoms with Crippen molar-refractivity contribution in [3.05, 3.63) is 12.7 Å². The maximum atomic E-state index is 5.93. The third-order valence-electron chi connectivity index (χ3n) is 3.32. The SMILES string of the molecule is C=CCCCCCCCCC[O][Al]([CH2]C)[CH2]C. The summed E-state index contributed by atoms with van der Waals surface area (Å²) in [4.78, 5) is 0. The van der Waals surface area contributed by atoms with Gasteiger partial charge >= 0.3 is 14.5 Å². The average molecular weight is 254 g/mol. The van der Waals surface area contributed by atoms with Gasteiger partial charge in [-0.25, -0.2) is 0 Å². The minimum atomic E-state index is -0.780. The molecular formula is C15H31AlO. The summed E-state index contributed by atoms with van der Waals surface area (Å²) in [5, 5.41) is 2.58. The third-order valence-corrected chi connectivity index (χ3v) is 5.85. The Hall–Kier alpha value is 0.232. The third kappa shape index (κ3) is 12.5. The van der Waals surface area contributed by atoms with Crippen molar-refractivity contribution < 1.29 is 3.79 Å². The van der Waals surface area contributed by atoms with Crippen molar-refractivity contribution in [2.75, 3.05) is 6.61 Å². The summed E-state index contributed by atoms with van der Waals surface area (Å²) in [5.74, 6) is 0. The molecule has 0 radical (unpaired) electrons. The second kappa shape index (κ2) is 14.3. The first kappa shape index (κ1) is 17.2. The lowest BCUT2D eigenvalue weighted by molar-refractivity contribution is 0.305. The molecular weight excluding hydrogens is 223 g/mol. The van der Waals surface area contributed by atoms with E-state index in [0.717, 1.165) is 6.61 Å². The molecule has 0 atom stereocenters. The summed E-state index contributed by atoms with van der Waals surface area (Å²) in [6, 6.07) is 0. The van der Waals surface area contributed by atoms with E-state index in [9.17, 15) is 0 Å². The van der Waals surface area contributed by atoms with E-state index in [1.54, 1.807) is 0 Å². The first-order valence-electron chi connectivity index (χ1n) is 7.57. The molecule has 0 aliphatic rings. The van der Waals surface area contributed by atoms with Crippen molar-refractivity contribution in [2.24, 2.45) is 0 Å². The Morgan fingerprint density at radius 1 is 0.882 bits per heavy atom. The molecule has 0 bridgehead atoms. The Kier molecular flexibility index (Phi) is 14.5. The van der Waals surface area contributed by atoms with Gasteiger partial charge in [-0.3, -0.25) is 0 Å². The average Bonchev–Trinajstić information content (AvgIpc) is 2.36. The van der Waals surface area contributed by atoms with Gasteiger partial charge in [0.1, 0.15) is 0 Å². The monoisotopic (exact) mass is 254 g/mol. The highest BCUT2D eigenvalue weighted by molar-refractivity contribution is 6.51. The molecule has 0 aliphatic carbocycles. The molecule has 0 aromatic carbocycles. The van der Waals surface area contributed by atoms with Gasteiger partial charge in [-0.15, -0.1) is 6.58 Å². The van der Waals surface area contributed by atoms with Gasteiger partial charge in [0.15, 0.2) is 0 Å². The minimum absolute atomic E-state index is 0.780. The van der Waals surface area contributed by atoms with Crippen LogP contribution in [0.25, 0.3) is 0 Å². The summed E-state index contributed by atoms with van der Waals surface area (Å²) in [7, 11) is 0. The van der Waals surface area contributed by atoms with Crippen LogP contribution in [0.3, 0.4) is 0 Å². The van der Waals surface area contributed by atoms with Crippen LogP contribution < -0.4 is 0 Å². The van der Waals surface area contributed by atoms with E-state index in [0.29, 0.717) is 0 Å². The lowest BCUT2D eigenvalue weighted by atomic mass is 10.1. The van der Waals surface area contributed by atoms with Crippen LogP contribution in [0.1, 0.15) is 65.2 Å². The van der Waals surface area contributed by atoms with Crippen molar-refractivity contribution in [3.8, 4) is 0 Å². The second-order valence-corrected chi connectivity index (χ2v) is 8.07. The minimum Gasteiger partial charge on any atom is -0.501 e. The molecule has 0 aromatic rings. The molecule has 0 fully saturated rings. The molecule has 0 rings (SSSR count). The summed E-state index contributed by atoms with van der Waals surface area (Å²) < 4.78 is 5.93. The van der Waals surface area contributed by atoms with E-state index < -0.39 is 14.5 Å². The molecule has 0 saturated heterocycles. The molecule has 0 aromatic heterocycles. The molecule has 0 saturated carbocycles. The predicted molar refractivity (Wildman–Crippen MR) is 79.8 cm³/mol. The Balaban J connectivity index is 3.05. The zero-order valence-corrected chi connectivity index (χ0v) is 13.2. The van der Waals surface area contributed by atoms with Crippen LogP contribution in [-0.4, -0.2) is 21.1 Å². The molecule has 0 unspecified atom stereocenters. The van der Waals surface area contributed by atoms with Crippen LogP contribution in [0.4, 0.5) is 0 Å². The maximum absolute atomic E-state index is 5.93. The smallest absolute Gasteiger partial charge is 0.460 e. The van der Waals surface area contributed by atoms with Gasteiger partial charge in [-0.2, -0.15) is 0 Å². The molecule has 1 nitrogen and oxygen atoms in total. The Labute approximate surface area is 113 Å². The van der Waals surface area contributed by atoms with Crippen molar-refractivity contribution in [1.29, 1.82) is 0 Å². The predicted octanol–water partition coefficient (Wildman–Crippen LogP) is 5.34. The Bertz CT molecular complexity index is 155. The fraction of sp³-hybridized carbons (Fsp3) is 0.867. The van der Waals surface area contributed by atoms with E-state index in [-0.39, 0.29) is 0 Å². The van der Waals surface area contributed by atoms with Crippen LogP contribution in [-0.2, 0) is 3.79 Å². The zero-order valence-electron chi connectivity index (χ0n) is 12.0. The Morgan fingerprint density at radius 2 is 1.41 bits per heavy atom. The van der Waals surface area contributed by atoms with Gasteiger partial charge in [0.05, 0.1) is 0 Å². The van der Waals surface area contributed by atoms with E-state index >= 15 is 0 Å². The highest BCUT2D eigenvalue weighted by Crippen LogP contribution is 2.09. The summed E-state index contributed by atoms with van der Waals surface area (Å²) in [6.07, 6.45) is 12.7. The molecule has 0 amide bonds. The van der Waals surface area contributed by atoms with Crippen molar-refractivity contribution in [1.82, 2.24) is 0 Å². The highest BCUT2D eigenvalue weighted by atomic mass is 27.2. The Morgan fingerprint density at radius 3 is 1.94 bits per heavy atom. The number of unbranched alkanes of at least 4 members (excludes halogenated alkanes) is 7. The van der Waals surface area contributed by atoms with E-state index in [2.05, 4.69) is 20.4 Å². The largest absolute Gasteiger partial charge is 0.501 e. The molecule has 0 N–H and O–H groups in total. The van der Waals surface area contributed by atoms with E-state index in [4.69, 9.17) is 3.79 Å². The highest BCUT2D eigenvalue weighted by Gasteiger charge is 2.13. The fourth-order valence-corrected chi connectivity index (χ4v) is 3.60. The summed E-state index contributed by atoms with van der Waals surface area (Å²) in [5.41, 5.74) is 0. The topological polar surface area (TPSA) is 9.23 Å². The van der Waals surface area contributed by atoms with Crippen LogP contribution >= 0.6 is 0 Å². The van der Waals surface area contributed by atoms with Gasteiger partial charge in [0.2, 0.25) is 0 Å². The first-order chi connectivity index (χ1) is 8.35. The van der Waals surface area contributed by atoms with Crippen molar-refractivity contribution >= 4 is 14.5 Å². The zero-order chi connectivity index (χ0) is 12.8. The van der Waals surface area contributed by atoms with Gasteiger partial charge in [-0.1, -0.05) is 62.6 Å². The number of rotatable bonds is 13. The van der Waals surface area contributed by atoms with E-state index in [1.165, 1.54) is 61.9 Å². The maximum Gasteiger partial charge on any atom is 0.460 e. The molecule has 17 heavy (non-hydrogen) atoms. The van der Waals surface area contributed by atoms with Gasteiger partial charge in [0.25, 0.3) is 0 Å². The quantitative estimate of drug-likeness (QED) is 0.245. The number of hydrogen-bond donors (Lipinski definition) is 0. The van der Waals surface area contributed by atoms with Gasteiger partial charge in [-0.05, 0) is 19.3 Å². The lowest BCUT2D eigenvalue weighted by Gasteiger charge is -2.09. The second-order valence-electron chi connectivity index (χ2n) is 4.86. The van der Waals surface area contributed by atoms with Crippen molar-refractivity contribution in [3.63, 3.8) is 0 Å². The molecule has 100 valence electrons. The number of allylic oxidation sites excluding steroid dienone is 1. The molecule has 2 heteroatoms. The summed E-state index contributed by atoms with van der Waals surface area (Å²) >= 11 is -0.780. The van der Waals surface area contributed by atoms with Crippen LogP contribution in [0.15, 0.2) is 12.7 Å². The van der Waals surface area contributed by atoms with Crippen molar-refractivity contribution in [2.45, 2.75) is 75.8 Å². The fourth-order valence-electron chi connectivity index (χ4n) is 2.05. The summed E-state index contributed by atoms with van der Waals surface area (Å²) in [6.45, 7) is 9.30. The van der Waals surface area contributed by atoms with Crippen LogP contribution in [0.2, 0.25) is 10.6 Å². The van der Waals surface area contributed by atoms with Crippen LogP contribution in [0.5, 0.6) is 0 Å². The van der Waals surface area contributed by atoms with E-state index in [1.807, 2.05) is 6.08 Å². The van der Waals surface area contributed by atoms with Gasteiger partial charge in [0, 0.05) is 6.61 Å². The molecule has 0 aliphatic heterocycles. The molecule has 0 spiro atoms. The van der Waals surface area contributed by atoms with Gasteiger partial charge < -0.3 is 3.79 Å².